The molecule has 0 unspecified atom stereocenters. The largest absolute Gasteiger partial charge is 0.421 e. The van der Waals surface area contributed by atoms with Crippen LogP contribution in [0.4, 0.5) is 5.69 Å². The van der Waals surface area contributed by atoms with Gasteiger partial charge in [0, 0.05) is 42.0 Å². The minimum absolute atomic E-state index is 0.156. The summed E-state index contributed by atoms with van der Waals surface area (Å²) in [6, 6.07) is 27.3. The van der Waals surface area contributed by atoms with E-state index in [2.05, 4.69) is 27.4 Å². The van der Waals surface area contributed by atoms with Crippen LogP contribution in [-0.2, 0) is 6.42 Å². The Morgan fingerprint density at radius 1 is 0.857 bits per heavy atom. The zero-order chi connectivity index (χ0) is 24.2. The Bertz CT molecular complexity index is 1470. The van der Waals surface area contributed by atoms with E-state index in [-0.39, 0.29) is 5.91 Å². The molecule has 0 bridgehead atoms. The molecule has 0 aliphatic carbocycles. The van der Waals surface area contributed by atoms with Crippen molar-refractivity contribution in [3.8, 4) is 22.6 Å². The number of carbonyl (C=O) groups is 1. The zero-order valence-electron chi connectivity index (χ0n) is 19.5. The van der Waals surface area contributed by atoms with Crippen LogP contribution in [0.25, 0.3) is 22.6 Å². The van der Waals surface area contributed by atoms with Crippen molar-refractivity contribution in [2.75, 3.05) is 5.32 Å². The highest BCUT2D eigenvalue weighted by Crippen LogP contribution is 2.29. The molecule has 0 saturated carbocycles. The molecular formula is C29H24N4O2. The van der Waals surface area contributed by atoms with E-state index in [0.29, 0.717) is 23.8 Å². The number of hydrogen-bond donors (Lipinski definition) is 1. The van der Waals surface area contributed by atoms with Crippen LogP contribution in [0.2, 0.25) is 0 Å². The Morgan fingerprint density at radius 2 is 1.63 bits per heavy atom. The molecule has 0 aliphatic heterocycles. The van der Waals surface area contributed by atoms with Gasteiger partial charge in [-0.3, -0.25) is 9.78 Å². The average molecular weight is 461 g/mol. The molecule has 172 valence electrons. The van der Waals surface area contributed by atoms with Gasteiger partial charge < -0.3 is 9.73 Å². The lowest BCUT2D eigenvalue weighted by molar-refractivity contribution is 0.102. The van der Waals surface area contributed by atoms with Crippen LogP contribution in [0.15, 0.2) is 95.5 Å². The van der Waals surface area contributed by atoms with Crippen molar-refractivity contribution in [1.82, 2.24) is 15.2 Å². The second kappa shape index (κ2) is 9.73. The minimum Gasteiger partial charge on any atom is -0.421 e. The Balaban J connectivity index is 1.35. The number of amides is 1. The Hall–Kier alpha value is -4.58. The number of pyridine rings is 1. The fourth-order valence-corrected chi connectivity index (χ4v) is 3.97. The van der Waals surface area contributed by atoms with Gasteiger partial charge >= 0.3 is 0 Å². The molecule has 1 amide bonds. The van der Waals surface area contributed by atoms with Crippen LogP contribution in [0, 0.1) is 13.8 Å². The number of anilines is 1. The number of nitrogens with one attached hydrogen (secondary N) is 1. The summed E-state index contributed by atoms with van der Waals surface area (Å²) in [4.78, 5) is 17.4. The molecular weight excluding hydrogens is 436 g/mol. The quantitative estimate of drug-likeness (QED) is 0.323. The fraction of sp³-hybridized carbons (Fsp3) is 0.103. The van der Waals surface area contributed by atoms with E-state index in [1.807, 2.05) is 84.9 Å². The first-order valence-electron chi connectivity index (χ1n) is 11.4. The van der Waals surface area contributed by atoms with E-state index in [1.54, 1.807) is 13.1 Å². The van der Waals surface area contributed by atoms with Gasteiger partial charge in [0.2, 0.25) is 11.8 Å². The Labute approximate surface area is 203 Å². The van der Waals surface area contributed by atoms with Crippen LogP contribution in [0.5, 0.6) is 0 Å². The zero-order valence-corrected chi connectivity index (χ0v) is 19.5. The molecule has 3 aromatic carbocycles. The SMILES string of the molecule is Cc1nnc(-c2ccc(C)c(-c3ccc(C(=O)Nc4ccccc4Cc4ccccn4)cc3)c2)o1. The van der Waals surface area contributed by atoms with E-state index < -0.39 is 0 Å². The number of nitrogens with zero attached hydrogens (tertiary/aromatic N) is 3. The van der Waals surface area contributed by atoms with Gasteiger partial charge in [0.1, 0.15) is 0 Å². The molecule has 1 N–H and O–H groups in total. The summed E-state index contributed by atoms with van der Waals surface area (Å²) in [6.45, 7) is 3.82. The highest BCUT2D eigenvalue weighted by Gasteiger charge is 2.13. The minimum atomic E-state index is -0.156. The van der Waals surface area contributed by atoms with E-state index >= 15 is 0 Å². The maximum absolute atomic E-state index is 13.0. The topological polar surface area (TPSA) is 80.9 Å². The number of hydrogen-bond acceptors (Lipinski definition) is 5. The summed E-state index contributed by atoms with van der Waals surface area (Å²) in [5, 5.41) is 11.1. The van der Waals surface area contributed by atoms with Crippen molar-refractivity contribution >= 4 is 11.6 Å². The summed E-state index contributed by atoms with van der Waals surface area (Å²) in [7, 11) is 0. The van der Waals surface area contributed by atoms with Gasteiger partial charge in [-0.05, 0) is 71.6 Å². The Morgan fingerprint density at radius 3 is 2.37 bits per heavy atom. The molecule has 6 heteroatoms. The predicted molar refractivity (Wildman–Crippen MR) is 136 cm³/mol. The van der Waals surface area contributed by atoms with Crippen LogP contribution in [0.1, 0.15) is 33.1 Å². The number of para-hydroxylation sites is 1. The van der Waals surface area contributed by atoms with Gasteiger partial charge in [-0.25, -0.2) is 0 Å². The maximum Gasteiger partial charge on any atom is 0.255 e. The lowest BCUT2D eigenvalue weighted by Gasteiger charge is -2.12. The maximum atomic E-state index is 13.0. The summed E-state index contributed by atoms with van der Waals surface area (Å²) in [6.07, 6.45) is 2.42. The first-order chi connectivity index (χ1) is 17.1. The lowest BCUT2D eigenvalue weighted by Crippen LogP contribution is -2.13. The number of carbonyl (C=O) groups excluding carboxylic acids is 1. The van der Waals surface area contributed by atoms with Crippen LogP contribution in [0.3, 0.4) is 0 Å². The highest BCUT2D eigenvalue weighted by atomic mass is 16.4. The van der Waals surface area contributed by atoms with Gasteiger partial charge in [0.15, 0.2) is 0 Å². The van der Waals surface area contributed by atoms with Crippen molar-refractivity contribution in [2.45, 2.75) is 20.3 Å². The molecule has 0 atom stereocenters. The van der Waals surface area contributed by atoms with Gasteiger partial charge in [-0.2, -0.15) is 0 Å². The third-order valence-electron chi connectivity index (χ3n) is 5.83. The number of aromatic nitrogens is 3. The number of rotatable bonds is 6. The summed E-state index contributed by atoms with van der Waals surface area (Å²) < 4.78 is 5.58. The fourth-order valence-electron chi connectivity index (χ4n) is 3.97. The molecule has 2 heterocycles. The van der Waals surface area contributed by atoms with Gasteiger partial charge in [0.25, 0.3) is 5.91 Å². The van der Waals surface area contributed by atoms with E-state index in [9.17, 15) is 4.79 Å². The molecule has 5 aromatic rings. The molecule has 2 aromatic heterocycles. The molecule has 0 saturated heterocycles. The van der Waals surface area contributed by atoms with Crippen LogP contribution in [-0.4, -0.2) is 21.1 Å². The molecule has 0 aliphatic rings. The molecule has 35 heavy (non-hydrogen) atoms. The molecule has 0 radical (unpaired) electrons. The monoisotopic (exact) mass is 460 g/mol. The smallest absolute Gasteiger partial charge is 0.255 e. The van der Waals surface area contributed by atoms with Crippen molar-refractivity contribution in [3.63, 3.8) is 0 Å². The third-order valence-corrected chi connectivity index (χ3v) is 5.83. The van der Waals surface area contributed by atoms with Crippen molar-refractivity contribution in [2.24, 2.45) is 0 Å². The van der Waals surface area contributed by atoms with Crippen molar-refractivity contribution in [3.05, 3.63) is 119 Å². The van der Waals surface area contributed by atoms with Crippen molar-refractivity contribution in [1.29, 1.82) is 0 Å². The molecule has 5 rings (SSSR count). The summed E-state index contributed by atoms with van der Waals surface area (Å²) >= 11 is 0. The normalized spacial score (nSPS) is 10.8. The van der Waals surface area contributed by atoms with Crippen molar-refractivity contribution < 1.29 is 9.21 Å². The molecule has 0 spiro atoms. The first-order valence-corrected chi connectivity index (χ1v) is 11.4. The molecule has 0 fully saturated rings. The first kappa shape index (κ1) is 22.2. The Kier molecular flexibility index (Phi) is 6.18. The van der Waals surface area contributed by atoms with Crippen LogP contribution < -0.4 is 5.32 Å². The van der Waals surface area contributed by atoms with E-state index in [0.717, 1.165) is 39.2 Å². The summed E-state index contributed by atoms with van der Waals surface area (Å²) in [5.74, 6) is 0.861. The summed E-state index contributed by atoms with van der Waals surface area (Å²) in [5.41, 5.74) is 7.36. The van der Waals surface area contributed by atoms with Gasteiger partial charge in [-0.15, -0.1) is 10.2 Å². The third kappa shape index (κ3) is 5.01. The second-order valence-corrected chi connectivity index (χ2v) is 8.34. The lowest BCUT2D eigenvalue weighted by atomic mass is 9.97. The average Bonchev–Trinajstić information content (AvgIpc) is 3.32. The van der Waals surface area contributed by atoms with E-state index in [1.165, 1.54) is 0 Å². The van der Waals surface area contributed by atoms with E-state index in [4.69, 9.17) is 4.42 Å². The highest BCUT2D eigenvalue weighted by molar-refractivity contribution is 6.05. The predicted octanol–water partition coefficient (Wildman–Crippen LogP) is 6.26. The number of aryl methyl sites for hydroxylation is 2. The van der Waals surface area contributed by atoms with Gasteiger partial charge in [-0.1, -0.05) is 42.5 Å². The number of benzene rings is 3. The van der Waals surface area contributed by atoms with Gasteiger partial charge in [0.05, 0.1) is 0 Å². The van der Waals surface area contributed by atoms with Crippen LogP contribution >= 0.6 is 0 Å². The standard InChI is InChI=1S/C29H24N4O2/c1-19-10-11-24(29-33-32-20(2)35-29)18-26(19)21-12-14-22(15-13-21)28(34)31-27-9-4-3-7-23(27)17-25-8-5-6-16-30-25/h3-16,18H,17H2,1-2H3,(H,31,34). The molecule has 6 nitrogen and oxygen atoms in total. The second-order valence-electron chi connectivity index (χ2n) is 8.34.